The van der Waals surface area contributed by atoms with Crippen molar-refractivity contribution in [3.05, 3.63) is 59.7 Å². The highest BCUT2D eigenvalue weighted by molar-refractivity contribution is 7.92. The van der Waals surface area contributed by atoms with Crippen LogP contribution in [0.5, 0.6) is 0 Å². The minimum atomic E-state index is -3.70. The molecule has 0 radical (unpaired) electrons. The van der Waals surface area contributed by atoms with Gasteiger partial charge in [0.25, 0.3) is 15.9 Å². The molecule has 188 valence electrons. The second kappa shape index (κ2) is 11.2. The van der Waals surface area contributed by atoms with Gasteiger partial charge in [0.2, 0.25) is 5.91 Å². The molecule has 2 aromatic carbocycles. The van der Waals surface area contributed by atoms with Crippen LogP contribution in [0.1, 0.15) is 60.9 Å². The second-order valence-electron chi connectivity index (χ2n) is 9.84. The first-order valence-electron chi connectivity index (χ1n) is 12.6. The summed E-state index contributed by atoms with van der Waals surface area (Å²) in [4.78, 5) is 27.7. The van der Waals surface area contributed by atoms with Gasteiger partial charge >= 0.3 is 0 Å². The fraction of sp³-hybridized carbons (Fsp3) is 0.481. The van der Waals surface area contributed by atoms with Gasteiger partial charge in [0.05, 0.1) is 10.8 Å². The monoisotopic (exact) mass is 497 g/mol. The van der Waals surface area contributed by atoms with E-state index in [0.717, 1.165) is 24.9 Å². The van der Waals surface area contributed by atoms with Crippen molar-refractivity contribution in [3.63, 3.8) is 0 Å². The lowest BCUT2D eigenvalue weighted by Gasteiger charge is -2.32. The molecule has 1 atom stereocenters. The van der Waals surface area contributed by atoms with Crippen molar-refractivity contribution < 1.29 is 18.0 Å². The third-order valence-electron chi connectivity index (χ3n) is 7.08. The number of nitrogens with zero attached hydrogens (tertiary/aromatic N) is 1. The Morgan fingerprint density at radius 1 is 0.914 bits per heavy atom. The van der Waals surface area contributed by atoms with Gasteiger partial charge in [-0.2, -0.15) is 0 Å². The number of hydrogen-bond donors (Lipinski definition) is 2. The number of benzene rings is 2. The number of rotatable bonds is 7. The van der Waals surface area contributed by atoms with E-state index in [2.05, 4.69) is 10.0 Å². The van der Waals surface area contributed by atoms with Crippen LogP contribution in [0.2, 0.25) is 0 Å². The first kappa shape index (κ1) is 25.2. The van der Waals surface area contributed by atoms with Crippen LogP contribution in [-0.4, -0.2) is 44.8 Å². The molecule has 2 fully saturated rings. The van der Waals surface area contributed by atoms with Crippen LogP contribution >= 0.6 is 0 Å². The Hall–Kier alpha value is -2.87. The first-order valence-corrected chi connectivity index (χ1v) is 14.1. The molecule has 1 aliphatic heterocycles. The second-order valence-corrected chi connectivity index (χ2v) is 11.5. The van der Waals surface area contributed by atoms with Crippen molar-refractivity contribution in [2.45, 2.75) is 56.8 Å². The number of carbonyl (C=O) groups excluding carboxylic acids is 2. The largest absolute Gasteiger partial charge is 0.356 e. The lowest BCUT2D eigenvalue weighted by molar-refractivity contribution is -0.126. The normalized spacial score (nSPS) is 19.2. The van der Waals surface area contributed by atoms with Crippen LogP contribution in [0, 0.1) is 18.8 Å². The molecule has 0 aromatic heterocycles. The number of hydrogen-bond acceptors (Lipinski definition) is 4. The van der Waals surface area contributed by atoms with E-state index in [4.69, 9.17) is 0 Å². The summed E-state index contributed by atoms with van der Waals surface area (Å²) in [7, 11) is -3.70. The zero-order valence-corrected chi connectivity index (χ0v) is 21.1. The molecule has 1 heterocycles. The van der Waals surface area contributed by atoms with E-state index in [1.165, 1.54) is 32.1 Å². The predicted octanol–water partition coefficient (Wildman–Crippen LogP) is 4.34. The highest BCUT2D eigenvalue weighted by Gasteiger charge is 2.29. The van der Waals surface area contributed by atoms with Crippen molar-refractivity contribution in [1.82, 2.24) is 10.2 Å². The minimum absolute atomic E-state index is 0.0499. The number of anilines is 1. The Labute approximate surface area is 208 Å². The van der Waals surface area contributed by atoms with Crippen molar-refractivity contribution in [3.8, 4) is 0 Å². The summed E-state index contributed by atoms with van der Waals surface area (Å²) in [6.45, 7) is 3.67. The quantitative estimate of drug-likeness (QED) is 0.595. The highest BCUT2D eigenvalue weighted by Crippen LogP contribution is 2.24. The van der Waals surface area contributed by atoms with Gasteiger partial charge in [0.15, 0.2) is 0 Å². The fourth-order valence-corrected chi connectivity index (χ4v) is 6.01. The van der Waals surface area contributed by atoms with Gasteiger partial charge in [-0.05, 0) is 74.9 Å². The van der Waals surface area contributed by atoms with E-state index in [1.54, 1.807) is 53.4 Å². The first-order chi connectivity index (χ1) is 16.8. The lowest BCUT2D eigenvalue weighted by Crippen LogP contribution is -2.46. The van der Waals surface area contributed by atoms with Crippen LogP contribution in [0.3, 0.4) is 0 Å². The van der Waals surface area contributed by atoms with Crippen LogP contribution in [0.15, 0.2) is 53.4 Å². The molecule has 4 rings (SSSR count). The van der Waals surface area contributed by atoms with E-state index in [0.29, 0.717) is 30.3 Å². The fourth-order valence-electron chi connectivity index (χ4n) is 4.95. The summed E-state index contributed by atoms with van der Waals surface area (Å²) in [5, 5.41) is 3.12. The van der Waals surface area contributed by atoms with E-state index in [1.807, 2.05) is 6.92 Å². The maximum atomic E-state index is 13.1. The Morgan fingerprint density at radius 2 is 1.60 bits per heavy atom. The molecule has 1 aliphatic carbocycles. The molecule has 2 N–H and O–H groups in total. The van der Waals surface area contributed by atoms with Crippen molar-refractivity contribution >= 4 is 27.5 Å². The topological polar surface area (TPSA) is 95.6 Å². The molecular formula is C27H35N3O4S. The Balaban J connectivity index is 1.33. The molecule has 2 aliphatic rings. The van der Waals surface area contributed by atoms with Gasteiger partial charge < -0.3 is 10.2 Å². The number of likely N-dealkylation sites (tertiary alicyclic amines) is 1. The third kappa shape index (κ3) is 6.63. The van der Waals surface area contributed by atoms with Gasteiger partial charge in [-0.25, -0.2) is 8.42 Å². The van der Waals surface area contributed by atoms with E-state index < -0.39 is 10.0 Å². The number of carbonyl (C=O) groups is 2. The Morgan fingerprint density at radius 3 is 2.29 bits per heavy atom. The van der Waals surface area contributed by atoms with Crippen LogP contribution in [-0.2, 0) is 14.8 Å². The third-order valence-corrected chi connectivity index (χ3v) is 8.48. The zero-order chi connectivity index (χ0) is 24.8. The highest BCUT2D eigenvalue weighted by atomic mass is 32.2. The summed E-state index contributed by atoms with van der Waals surface area (Å²) in [6, 6.07) is 13.1. The average molecular weight is 498 g/mol. The molecule has 0 unspecified atom stereocenters. The molecule has 2 aromatic rings. The smallest absolute Gasteiger partial charge is 0.261 e. The lowest BCUT2D eigenvalue weighted by atomic mass is 9.89. The van der Waals surface area contributed by atoms with Crippen LogP contribution < -0.4 is 10.0 Å². The Kier molecular flexibility index (Phi) is 8.11. The average Bonchev–Trinajstić information content (AvgIpc) is 2.88. The van der Waals surface area contributed by atoms with Crippen molar-refractivity contribution in [1.29, 1.82) is 0 Å². The number of piperidine rings is 1. The predicted molar refractivity (Wildman–Crippen MR) is 137 cm³/mol. The summed E-state index contributed by atoms with van der Waals surface area (Å²) >= 11 is 0. The Bertz CT molecular complexity index is 1120. The summed E-state index contributed by atoms with van der Waals surface area (Å²) in [6.07, 6.45) is 7.75. The van der Waals surface area contributed by atoms with E-state index >= 15 is 0 Å². The van der Waals surface area contributed by atoms with Crippen molar-refractivity contribution in [2.24, 2.45) is 11.8 Å². The number of nitrogens with one attached hydrogen (secondary N) is 2. The van der Waals surface area contributed by atoms with Gasteiger partial charge in [-0.3, -0.25) is 14.3 Å². The van der Waals surface area contributed by atoms with Gasteiger partial charge in [0, 0.05) is 30.9 Å². The molecule has 35 heavy (non-hydrogen) atoms. The van der Waals surface area contributed by atoms with Crippen LogP contribution in [0.4, 0.5) is 5.69 Å². The molecule has 1 saturated heterocycles. The molecule has 0 spiro atoms. The molecule has 0 bridgehead atoms. The minimum Gasteiger partial charge on any atom is -0.356 e. The van der Waals surface area contributed by atoms with Gasteiger partial charge in [-0.15, -0.1) is 0 Å². The molecule has 2 amide bonds. The standard InChI is InChI=1S/C27H35N3O4S/c1-20-9-15-25(16-10-20)35(33,34)29-24-13-11-22(12-14-24)27(32)30-17-5-8-23(19-30)26(31)28-18-21-6-3-2-4-7-21/h9-16,21,23,29H,2-8,17-19H2,1H3,(H,28,31)/t23-/m1/s1. The summed E-state index contributed by atoms with van der Waals surface area (Å²) in [5.41, 5.74) is 1.85. The molecule has 1 saturated carbocycles. The summed E-state index contributed by atoms with van der Waals surface area (Å²) < 4.78 is 27.8. The maximum absolute atomic E-state index is 13.1. The van der Waals surface area contributed by atoms with E-state index in [-0.39, 0.29) is 22.6 Å². The molecule has 7 nitrogen and oxygen atoms in total. The number of amides is 2. The zero-order valence-electron chi connectivity index (χ0n) is 20.3. The number of sulfonamides is 1. The van der Waals surface area contributed by atoms with E-state index in [9.17, 15) is 18.0 Å². The van der Waals surface area contributed by atoms with Crippen molar-refractivity contribution in [2.75, 3.05) is 24.4 Å². The van der Waals surface area contributed by atoms with Gasteiger partial charge in [-0.1, -0.05) is 37.0 Å². The number of aryl methyl sites for hydroxylation is 1. The molecular weight excluding hydrogens is 462 g/mol. The molecule has 8 heteroatoms. The van der Waals surface area contributed by atoms with Crippen LogP contribution in [0.25, 0.3) is 0 Å². The summed E-state index contributed by atoms with van der Waals surface area (Å²) in [5.74, 6) is 0.310. The SMILES string of the molecule is Cc1ccc(S(=O)(=O)Nc2ccc(C(=O)N3CCC[C@@H](C(=O)NCC4CCCCC4)C3)cc2)cc1. The maximum Gasteiger partial charge on any atom is 0.261 e. The van der Waals surface area contributed by atoms with Gasteiger partial charge in [0.1, 0.15) is 0 Å².